The van der Waals surface area contributed by atoms with Gasteiger partial charge in [0.05, 0.1) is 18.1 Å². The molecule has 1 aliphatic rings. The number of aliphatic hydroxyl groups excluding tert-OH is 1. The third-order valence-corrected chi connectivity index (χ3v) is 8.76. The number of hydrogen-bond acceptors (Lipinski definition) is 8. The summed E-state index contributed by atoms with van der Waals surface area (Å²) in [6.45, 7) is 6.55. The minimum absolute atomic E-state index is 0.00539. The van der Waals surface area contributed by atoms with Crippen LogP contribution in [0.25, 0.3) is 10.8 Å². The highest BCUT2D eigenvalue weighted by Crippen LogP contribution is 2.29. The summed E-state index contributed by atoms with van der Waals surface area (Å²) in [6, 6.07) is 19.3. The average Bonchev–Trinajstić information content (AvgIpc) is 3.60. The van der Waals surface area contributed by atoms with Crippen molar-refractivity contribution in [2.24, 2.45) is 5.92 Å². The van der Waals surface area contributed by atoms with E-state index >= 15 is 0 Å². The van der Waals surface area contributed by atoms with Gasteiger partial charge in [0, 0.05) is 12.1 Å². The number of fused-ring (bicyclic) bond motifs is 1. The SMILES string of the molecule is C=CC[C@H](CC(=O)NC1(CO)CCCC1)C(=O)N[C@@H](COC(=O)[C@@H](CC=C)NC(=O)OCc1ccccc1)C(=O)Nc1ccc2ccccc2c1. The van der Waals surface area contributed by atoms with Gasteiger partial charge in [0.25, 0.3) is 5.91 Å². The predicted octanol–water partition coefficient (Wildman–Crippen LogP) is 4.68. The summed E-state index contributed by atoms with van der Waals surface area (Å²) in [5.74, 6) is -3.49. The first-order chi connectivity index (χ1) is 24.6. The Morgan fingerprint density at radius 2 is 1.49 bits per heavy atom. The zero-order valence-corrected chi connectivity index (χ0v) is 28.6. The number of benzene rings is 3. The monoisotopic (exact) mass is 698 g/mol. The van der Waals surface area contributed by atoms with E-state index in [1.807, 2.05) is 36.4 Å². The van der Waals surface area contributed by atoms with E-state index in [1.54, 1.807) is 36.4 Å². The molecule has 51 heavy (non-hydrogen) atoms. The number of nitrogens with one attached hydrogen (secondary N) is 4. The molecule has 12 nitrogen and oxygen atoms in total. The molecule has 3 aromatic rings. The molecule has 4 rings (SSSR count). The maximum Gasteiger partial charge on any atom is 0.408 e. The van der Waals surface area contributed by atoms with Gasteiger partial charge in [-0.1, -0.05) is 85.7 Å². The summed E-state index contributed by atoms with van der Waals surface area (Å²) in [7, 11) is 0. The molecule has 5 N–H and O–H groups in total. The van der Waals surface area contributed by atoms with Crippen molar-refractivity contribution in [2.75, 3.05) is 18.5 Å². The van der Waals surface area contributed by atoms with Crippen molar-refractivity contribution in [1.29, 1.82) is 0 Å². The van der Waals surface area contributed by atoms with Crippen LogP contribution in [0.3, 0.4) is 0 Å². The van der Waals surface area contributed by atoms with Crippen molar-refractivity contribution < 1.29 is 38.6 Å². The lowest BCUT2D eigenvalue weighted by Crippen LogP contribution is -2.52. The van der Waals surface area contributed by atoms with Gasteiger partial charge in [0.15, 0.2) is 0 Å². The van der Waals surface area contributed by atoms with Gasteiger partial charge in [-0.3, -0.25) is 14.4 Å². The van der Waals surface area contributed by atoms with Crippen LogP contribution in [0, 0.1) is 5.92 Å². The number of carbonyl (C=O) groups excluding carboxylic acids is 5. The minimum atomic E-state index is -1.38. The first kappa shape index (κ1) is 38.3. The van der Waals surface area contributed by atoms with Gasteiger partial charge in [-0.2, -0.15) is 0 Å². The fourth-order valence-corrected chi connectivity index (χ4v) is 5.95. The van der Waals surface area contributed by atoms with Crippen LogP contribution in [-0.2, 0) is 35.3 Å². The molecule has 1 fully saturated rings. The number of ether oxygens (including phenoxy) is 2. The Morgan fingerprint density at radius 3 is 2.18 bits per heavy atom. The van der Waals surface area contributed by atoms with Crippen LogP contribution in [0.2, 0.25) is 0 Å². The van der Waals surface area contributed by atoms with E-state index in [2.05, 4.69) is 34.4 Å². The van der Waals surface area contributed by atoms with Gasteiger partial charge in [0.1, 0.15) is 25.3 Å². The van der Waals surface area contributed by atoms with Gasteiger partial charge >= 0.3 is 12.1 Å². The summed E-state index contributed by atoms with van der Waals surface area (Å²) < 4.78 is 10.7. The topological polar surface area (TPSA) is 172 Å². The third kappa shape index (κ3) is 11.5. The second-order valence-electron chi connectivity index (χ2n) is 12.6. The van der Waals surface area contributed by atoms with Crippen molar-refractivity contribution in [3.8, 4) is 0 Å². The highest BCUT2D eigenvalue weighted by Gasteiger charge is 2.36. The van der Waals surface area contributed by atoms with E-state index in [-0.39, 0.29) is 32.5 Å². The summed E-state index contributed by atoms with van der Waals surface area (Å²) >= 11 is 0. The highest BCUT2D eigenvalue weighted by molar-refractivity contribution is 6.00. The fourth-order valence-electron chi connectivity index (χ4n) is 5.95. The van der Waals surface area contributed by atoms with Crippen LogP contribution in [0.4, 0.5) is 10.5 Å². The molecule has 12 heteroatoms. The second kappa shape index (κ2) is 19.0. The Bertz CT molecular complexity index is 1690. The molecule has 4 amide bonds. The summed E-state index contributed by atoms with van der Waals surface area (Å²) in [5, 5.41) is 22.6. The molecular weight excluding hydrogens is 652 g/mol. The van der Waals surface area contributed by atoms with Crippen molar-refractivity contribution in [2.45, 2.75) is 69.2 Å². The molecule has 0 aromatic heterocycles. The first-order valence-electron chi connectivity index (χ1n) is 17.0. The number of alkyl carbamates (subject to hydrolysis) is 1. The number of amides is 4. The Kier molecular flexibility index (Phi) is 14.3. The summed E-state index contributed by atoms with van der Waals surface area (Å²) in [6.07, 6.45) is 5.03. The Labute approximate surface area is 297 Å². The maximum absolute atomic E-state index is 13.7. The van der Waals surface area contributed by atoms with E-state index < -0.39 is 59.9 Å². The predicted molar refractivity (Wildman–Crippen MR) is 193 cm³/mol. The van der Waals surface area contributed by atoms with Crippen LogP contribution in [0.15, 0.2) is 98.1 Å². The van der Waals surface area contributed by atoms with Gasteiger partial charge in [0.2, 0.25) is 11.8 Å². The van der Waals surface area contributed by atoms with E-state index in [9.17, 15) is 29.1 Å². The van der Waals surface area contributed by atoms with Crippen LogP contribution in [0.5, 0.6) is 0 Å². The van der Waals surface area contributed by atoms with Crippen molar-refractivity contribution in [3.05, 3.63) is 104 Å². The molecule has 0 spiro atoms. The van der Waals surface area contributed by atoms with Crippen LogP contribution in [-0.4, -0.2) is 65.7 Å². The molecular formula is C39H46N4O8. The molecule has 270 valence electrons. The number of hydrogen-bond donors (Lipinski definition) is 5. The van der Waals surface area contributed by atoms with Crippen molar-refractivity contribution in [3.63, 3.8) is 0 Å². The van der Waals surface area contributed by atoms with Crippen molar-refractivity contribution in [1.82, 2.24) is 16.0 Å². The molecule has 0 radical (unpaired) electrons. The van der Waals surface area contributed by atoms with Crippen LogP contribution < -0.4 is 21.3 Å². The quantitative estimate of drug-likeness (QED) is 0.0942. The molecule has 3 aromatic carbocycles. The standard InChI is InChI=1S/C39H46N4O8/c1-3-12-30(23-34(45)43-39(26-44)20-10-11-21-39)35(46)41-33(36(47)40-31-19-18-28-16-8-9-17-29(28)22-31)25-50-37(48)32(13-4-2)42-38(49)51-24-27-14-6-5-7-15-27/h3-9,14-19,22,30,32-33,44H,1-2,10-13,20-21,23-26H2,(H,40,47)(H,41,46)(H,42,49)(H,43,45)/t30-,32-,33+/m1/s1. The van der Waals surface area contributed by atoms with E-state index in [0.29, 0.717) is 18.5 Å². The molecule has 3 atom stereocenters. The lowest BCUT2D eigenvalue weighted by Gasteiger charge is -2.29. The fraction of sp³-hybridized carbons (Fsp3) is 0.359. The molecule has 0 unspecified atom stereocenters. The van der Waals surface area contributed by atoms with E-state index in [0.717, 1.165) is 29.2 Å². The van der Waals surface area contributed by atoms with E-state index in [1.165, 1.54) is 12.2 Å². The van der Waals surface area contributed by atoms with Gasteiger partial charge in [-0.25, -0.2) is 9.59 Å². The largest absolute Gasteiger partial charge is 0.461 e. The molecule has 1 saturated carbocycles. The van der Waals surface area contributed by atoms with Gasteiger partial charge in [-0.15, -0.1) is 13.2 Å². The minimum Gasteiger partial charge on any atom is -0.461 e. The lowest BCUT2D eigenvalue weighted by atomic mass is 9.95. The number of anilines is 1. The maximum atomic E-state index is 13.7. The van der Waals surface area contributed by atoms with Gasteiger partial charge in [-0.05, 0) is 54.2 Å². The van der Waals surface area contributed by atoms with Gasteiger partial charge < -0.3 is 35.8 Å². The Morgan fingerprint density at radius 1 is 0.804 bits per heavy atom. The third-order valence-electron chi connectivity index (χ3n) is 8.76. The number of esters is 1. The molecule has 0 bridgehead atoms. The Balaban J connectivity index is 1.45. The number of allylic oxidation sites excluding steroid dienone is 1. The lowest BCUT2D eigenvalue weighted by molar-refractivity contribution is -0.148. The van der Waals surface area contributed by atoms with E-state index in [4.69, 9.17) is 9.47 Å². The van der Waals surface area contributed by atoms with Crippen LogP contribution in [0.1, 0.15) is 50.5 Å². The number of aliphatic hydroxyl groups is 1. The summed E-state index contributed by atoms with van der Waals surface area (Å²) in [5.41, 5.74) is 0.488. The van der Waals surface area contributed by atoms with Crippen LogP contribution >= 0.6 is 0 Å². The molecule has 0 heterocycles. The molecule has 0 saturated heterocycles. The summed E-state index contributed by atoms with van der Waals surface area (Å²) in [4.78, 5) is 66.0. The smallest absolute Gasteiger partial charge is 0.408 e. The highest BCUT2D eigenvalue weighted by atomic mass is 16.6. The first-order valence-corrected chi connectivity index (χ1v) is 17.0. The number of rotatable bonds is 18. The molecule has 1 aliphatic carbocycles. The zero-order chi connectivity index (χ0) is 36.6. The normalized spacial score (nSPS) is 15.0. The van der Waals surface area contributed by atoms with Crippen molar-refractivity contribution >= 4 is 46.2 Å². The number of carbonyl (C=O) groups is 5. The zero-order valence-electron chi connectivity index (χ0n) is 28.6. The molecule has 0 aliphatic heterocycles. The Hall–Kier alpha value is -5.49. The average molecular weight is 699 g/mol. The second-order valence-corrected chi connectivity index (χ2v) is 12.6.